The van der Waals surface area contributed by atoms with Crippen LogP contribution in [0.5, 0.6) is 5.75 Å². The Morgan fingerprint density at radius 1 is 1.60 bits per heavy atom. The number of methoxy groups -OCH3 is 1. The number of carbonyl (C=O) groups is 1. The maximum Gasteiger partial charge on any atom is 0.230 e. The molecule has 0 aliphatic carbocycles. The second kappa shape index (κ2) is 3.86. The molecule has 5 heteroatoms. The van der Waals surface area contributed by atoms with Crippen molar-refractivity contribution >= 4 is 11.7 Å². The third kappa shape index (κ3) is 1.92. The summed E-state index contributed by atoms with van der Waals surface area (Å²) in [6, 6.07) is 3.44. The second-order valence-electron chi connectivity index (χ2n) is 3.42. The molecule has 1 N–H and O–H groups in total. The molecule has 1 unspecified atom stereocenters. The van der Waals surface area contributed by atoms with Gasteiger partial charge >= 0.3 is 0 Å². The largest absolute Gasteiger partial charge is 0.495 e. The summed E-state index contributed by atoms with van der Waals surface area (Å²) in [6.45, 7) is 0.318. The van der Waals surface area contributed by atoms with Crippen LogP contribution in [-0.2, 0) is 4.79 Å². The van der Waals surface area contributed by atoms with Gasteiger partial charge in [0.05, 0.1) is 32.4 Å². The fraction of sp³-hybridized carbons (Fsp3) is 0.400. The highest BCUT2D eigenvalue weighted by atomic mass is 16.5. The van der Waals surface area contributed by atoms with Crippen molar-refractivity contribution in [1.82, 2.24) is 4.98 Å². The minimum Gasteiger partial charge on any atom is -0.495 e. The third-order valence-corrected chi connectivity index (χ3v) is 2.34. The van der Waals surface area contributed by atoms with E-state index in [-0.39, 0.29) is 12.3 Å². The number of aliphatic hydroxyl groups is 1. The average Bonchev–Trinajstić information content (AvgIpc) is 2.58. The number of β-amino-alcohol motifs (C(OH)–C–C–N with tert-alkyl or cyclic N) is 1. The van der Waals surface area contributed by atoms with E-state index in [9.17, 15) is 9.90 Å². The van der Waals surface area contributed by atoms with Crippen LogP contribution < -0.4 is 9.64 Å². The quantitative estimate of drug-likeness (QED) is 0.753. The maximum absolute atomic E-state index is 11.4. The van der Waals surface area contributed by atoms with E-state index in [1.807, 2.05) is 0 Å². The number of rotatable bonds is 2. The molecule has 0 spiro atoms. The first kappa shape index (κ1) is 9.92. The molecule has 1 saturated heterocycles. The van der Waals surface area contributed by atoms with Gasteiger partial charge in [0.25, 0.3) is 0 Å². The normalized spacial score (nSPS) is 20.8. The first-order chi connectivity index (χ1) is 7.20. The zero-order valence-corrected chi connectivity index (χ0v) is 8.38. The van der Waals surface area contributed by atoms with E-state index >= 15 is 0 Å². The minimum atomic E-state index is -0.582. The zero-order valence-electron chi connectivity index (χ0n) is 8.38. The lowest BCUT2D eigenvalue weighted by Gasteiger charge is -2.14. The SMILES string of the molecule is COc1ccc(N2CC(O)CC2=O)nc1. The van der Waals surface area contributed by atoms with E-state index in [1.165, 1.54) is 4.90 Å². The van der Waals surface area contributed by atoms with Crippen LogP contribution in [0.15, 0.2) is 18.3 Å². The molecule has 1 aliphatic heterocycles. The number of carbonyl (C=O) groups excluding carboxylic acids is 1. The lowest BCUT2D eigenvalue weighted by molar-refractivity contribution is -0.117. The fourth-order valence-electron chi connectivity index (χ4n) is 1.56. The van der Waals surface area contributed by atoms with Crippen LogP contribution in [0.2, 0.25) is 0 Å². The van der Waals surface area contributed by atoms with Gasteiger partial charge in [0.1, 0.15) is 11.6 Å². The van der Waals surface area contributed by atoms with Crippen LogP contribution in [0.3, 0.4) is 0 Å². The molecule has 1 aromatic rings. The number of ether oxygens (including phenoxy) is 1. The summed E-state index contributed by atoms with van der Waals surface area (Å²) >= 11 is 0. The van der Waals surface area contributed by atoms with Crippen LogP contribution in [0.1, 0.15) is 6.42 Å². The molecule has 5 nitrogen and oxygen atoms in total. The van der Waals surface area contributed by atoms with Crippen LogP contribution in [-0.4, -0.2) is 35.8 Å². The van der Waals surface area contributed by atoms with Crippen molar-refractivity contribution < 1.29 is 14.6 Å². The number of amides is 1. The van der Waals surface area contributed by atoms with Gasteiger partial charge in [-0.15, -0.1) is 0 Å². The monoisotopic (exact) mass is 208 g/mol. The standard InChI is InChI=1S/C10H12N2O3/c1-15-8-2-3-9(11-5-8)12-6-7(13)4-10(12)14/h2-3,5,7,13H,4,6H2,1H3. The van der Waals surface area contributed by atoms with Crippen molar-refractivity contribution in [2.24, 2.45) is 0 Å². The van der Waals surface area contributed by atoms with Crippen LogP contribution in [0.25, 0.3) is 0 Å². The lowest BCUT2D eigenvalue weighted by Crippen LogP contribution is -2.26. The molecule has 1 amide bonds. The van der Waals surface area contributed by atoms with Gasteiger partial charge in [-0.1, -0.05) is 0 Å². The Bertz CT molecular complexity index is 363. The number of aliphatic hydroxyl groups excluding tert-OH is 1. The van der Waals surface area contributed by atoms with Crippen molar-refractivity contribution in [2.75, 3.05) is 18.6 Å². The van der Waals surface area contributed by atoms with Gasteiger partial charge in [0.2, 0.25) is 5.91 Å². The molecule has 2 heterocycles. The summed E-state index contributed by atoms with van der Waals surface area (Å²) < 4.78 is 4.96. The smallest absolute Gasteiger partial charge is 0.230 e. The van der Waals surface area contributed by atoms with E-state index in [2.05, 4.69) is 4.98 Å². The van der Waals surface area contributed by atoms with E-state index in [4.69, 9.17) is 4.74 Å². The minimum absolute atomic E-state index is 0.0971. The molecular weight excluding hydrogens is 196 g/mol. The molecule has 1 aliphatic rings. The predicted octanol–water partition coefficient (Wildman–Crippen LogP) is 0.188. The molecule has 0 radical (unpaired) electrons. The van der Waals surface area contributed by atoms with Crippen molar-refractivity contribution in [3.05, 3.63) is 18.3 Å². The Balaban J connectivity index is 2.19. The number of hydrogen-bond acceptors (Lipinski definition) is 4. The second-order valence-corrected chi connectivity index (χ2v) is 3.42. The highest BCUT2D eigenvalue weighted by Gasteiger charge is 2.29. The summed E-state index contributed by atoms with van der Waals surface area (Å²) in [7, 11) is 1.56. The van der Waals surface area contributed by atoms with Crippen molar-refractivity contribution in [2.45, 2.75) is 12.5 Å². The molecule has 0 aromatic carbocycles. The summed E-state index contributed by atoms with van der Waals surface area (Å²) in [4.78, 5) is 17.0. The first-order valence-corrected chi connectivity index (χ1v) is 4.69. The molecule has 2 rings (SSSR count). The third-order valence-electron chi connectivity index (χ3n) is 2.34. The summed E-state index contributed by atoms with van der Waals surface area (Å²) in [6.07, 6.45) is 1.14. The van der Waals surface area contributed by atoms with Gasteiger partial charge in [-0.25, -0.2) is 4.98 Å². The Morgan fingerprint density at radius 2 is 2.40 bits per heavy atom. The maximum atomic E-state index is 11.4. The summed E-state index contributed by atoms with van der Waals surface area (Å²) in [5.41, 5.74) is 0. The Kier molecular flexibility index (Phi) is 2.55. The molecule has 80 valence electrons. The number of anilines is 1. The average molecular weight is 208 g/mol. The molecule has 1 aromatic heterocycles. The van der Waals surface area contributed by atoms with Gasteiger partial charge < -0.3 is 9.84 Å². The molecule has 0 saturated carbocycles. The predicted molar refractivity (Wildman–Crippen MR) is 53.8 cm³/mol. The highest BCUT2D eigenvalue weighted by Crippen LogP contribution is 2.20. The van der Waals surface area contributed by atoms with E-state index in [0.29, 0.717) is 18.1 Å². The van der Waals surface area contributed by atoms with Gasteiger partial charge in [-0.2, -0.15) is 0 Å². The Labute approximate surface area is 87.3 Å². The van der Waals surface area contributed by atoms with Crippen molar-refractivity contribution in [3.63, 3.8) is 0 Å². The van der Waals surface area contributed by atoms with Crippen molar-refractivity contribution in [3.8, 4) is 5.75 Å². The van der Waals surface area contributed by atoms with Crippen LogP contribution in [0.4, 0.5) is 5.82 Å². The molecule has 1 atom stereocenters. The van der Waals surface area contributed by atoms with Gasteiger partial charge in [-0.05, 0) is 12.1 Å². The Morgan fingerprint density at radius 3 is 2.87 bits per heavy atom. The lowest BCUT2D eigenvalue weighted by atomic mass is 10.3. The molecule has 15 heavy (non-hydrogen) atoms. The molecular formula is C10H12N2O3. The van der Waals surface area contributed by atoms with Gasteiger partial charge in [-0.3, -0.25) is 9.69 Å². The zero-order chi connectivity index (χ0) is 10.8. The van der Waals surface area contributed by atoms with Crippen LogP contribution in [0, 0.1) is 0 Å². The van der Waals surface area contributed by atoms with E-state index < -0.39 is 6.10 Å². The summed E-state index contributed by atoms with van der Waals surface area (Å²) in [5, 5.41) is 9.32. The first-order valence-electron chi connectivity index (χ1n) is 4.69. The summed E-state index contributed by atoms with van der Waals surface area (Å²) in [5.74, 6) is 1.10. The van der Waals surface area contributed by atoms with Gasteiger partial charge in [0.15, 0.2) is 0 Å². The molecule has 1 fully saturated rings. The fourth-order valence-corrected chi connectivity index (χ4v) is 1.56. The highest BCUT2D eigenvalue weighted by molar-refractivity contribution is 5.95. The Hall–Kier alpha value is -1.62. The van der Waals surface area contributed by atoms with E-state index in [0.717, 1.165) is 0 Å². The number of pyridine rings is 1. The van der Waals surface area contributed by atoms with Crippen LogP contribution >= 0.6 is 0 Å². The van der Waals surface area contributed by atoms with Gasteiger partial charge in [0, 0.05) is 0 Å². The topological polar surface area (TPSA) is 62.7 Å². The molecule has 0 bridgehead atoms. The van der Waals surface area contributed by atoms with Crippen molar-refractivity contribution in [1.29, 1.82) is 0 Å². The number of hydrogen-bond donors (Lipinski definition) is 1. The number of nitrogens with zero attached hydrogens (tertiary/aromatic N) is 2. The number of aromatic nitrogens is 1. The van der Waals surface area contributed by atoms with E-state index in [1.54, 1.807) is 25.4 Å².